The minimum Gasteiger partial charge on any atom is -0.480 e. The molecule has 3 N–H and O–H groups in total. The first-order valence-corrected chi connectivity index (χ1v) is 9.29. The SMILES string of the molecule is CC(=O)NCCN(C(=O)CNC(=O)Cc1cccc2ccccc12)C(C)C(=O)O. The van der Waals surface area contributed by atoms with Crippen molar-refractivity contribution in [2.24, 2.45) is 0 Å². The summed E-state index contributed by atoms with van der Waals surface area (Å²) in [6.07, 6.45) is 0.106. The maximum atomic E-state index is 12.5. The van der Waals surface area contributed by atoms with Gasteiger partial charge in [-0.25, -0.2) is 4.79 Å². The van der Waals surface area contributed by atoms with Gasteiger partial charge in [-0.1, -0.05) is 42.5 Å². The molecule has 0 aliphatic rings. The molecule has 0 bridgehead atoms. The van der Waals surface area contributed by atoms with Crippen LogP contribution in [0.4, 0.5) is 0 Å². The number of benzene rings is 2. The Morgan fingerprint density at radius 3 is 2.41 bits per heavy atom. The third kappa shape index (κ3) is 6.31. The number of carbonyl (C=O) groups is 4. The summed E-state index contributed by atoms with van der Waals surface area (Å²) in [5.41, 5.74) is 0.842. The topological polar surface area (TPSA) is 116 Å². The van der Waals surface area contributed by atoms with Gasteiger partial charge in [0.25, 0.3) is 0 Å². The van der Waals surface area contributed by atoms with Crippen LogP contribution < -0.4 is 10.6 Å². The average molecular weight is 399 g/mol. The Labute approximate surface area is 168 Å². The second-order valence-electron chi connectivity index (χ2n) is 6.68. The molecule has 29 heavy (non-hydrogen) atoms. The van der Waals surface area contributed by atoms with Crippen LogP contribution in [-0.2, 0) is 25.6 Å². The van der Waals surface area contributed by atoms with Gasteiger partial charge in [-0.15, -0.1) is 0 Å². The number of carboxylic acids is 1. The lowest BCUT2D eigenvalue weighted by molar-refractivity contribution is -0.149. The average Bonchev–Trinajstić information content (AvgIpc) is 2.69. The third-order valence-corrected chi connectivity index (χ3v) is 4.54. The molecule has 0 fully saturated rings. The van der Waals surface area contributed by atoms with E-state index in [2.05, 4.69) is 10.6 Å². The Morgan fingerprint density at radius 2 is 1.72 bits per heavy atom. The molecule has 0 saturated carbocycles. The maximum absolute atomic E-state index is 12.5. The molecular weight excluding hydrogens is 374 g/mol. The van der Waals surface area contributed by atoms with E-state index in [9.17, 15) is 24.3 Å². The van der Waals surface area contributed by atoms with Crippen LogP contribution in [0.2, 0.25) is 0 Å². The van der Waals surface area contributed by atoms with Crippen LogP contribution in [0.5, 0.6) is 0 Å². The number of fused-ring (bicyclic) bond motifs is 1. The highest BCUT2D eigenvalue weighted by atomic mass is 16.4. The molecule has 0 saturated heterocycles. The lowest BCUT2D eigenvalue weighted by atomic mass is 10.0. The van der Waals surface area contributed by atoms with Crippen LogP contribution in [0, 0.1) is 0 Å². The summed E-state index contributed by atoms with van der Waals surface area (Å²) in [6.45, 7) is 2.56. The number of amides is 3. The van der Waals surface area contributed by atoms with Gasteiger partial charge in [0, 0.05) is 20.0 Å². The maximum Gasteiger partial charge on any atom is 0.326 e. The normalized spacial score (nSPS) is 11.5. The summed E-state index contributed by atoms with van der Waals surface area (Å²) < 4.78 is 0. The standard InChI is InChI=1S/C21H25N3O5/c1-14(21(28)29)24(11-10-22-15(2)25)20(27)13-23-19(26)12-17-8-5-7-16-6-3-4-9-18(16)17/h3-9,14H,10-13H2,1-2H3,(H,22,25)(H,23,26)(H,28,29). The molecule has 0 spiro atoms. The van der Waals surface area contributed by atoms with E-state index in [4.69, 9.17) is 0 Å². The van der Waals surface area contributed by atoms with Crippen LogP contribution in [0.3, 0.4) is 0 Å². The van der Waals surface area contributed by atoms with Gasteiger partial charge in [0.05, 0.1) is 13.0 Å². The molecule has 1 unspecified atom stereocenters. The van der Waals surface area contributed by atoms with E-state index >= 15 is 0 Å². The number of carboxylic acid groups (broad SMARTS) is 1. The number of hydrogen-bond donors (Lipinski definition) is 3. The first-order valence-electron chi connectivity index (χ1n) is 9.29. The van der Waals surface area contributed by atoms with E-state index in [0.717, 1.165) is 21.2 Å². The van der Waals surface area contributed by atoms with Crippen molar-refractivity contribution < 1.29 is 24.3 Å². The van der Waals surface area contributed by atoms with E-state index in [-0.39, 0.29) is 37.9 Å². The molecular formula is C21H25N3O5. The molecule has 1 atom stereocenters. The fraction of sp³-hybridized carbons (Fsp3) is 0.333. The summed E-state index contributed by atoms with van der Waals surface area (Å²) in [5, 5.41) is 16.3. The van der Waals surface area contributed by atoms with E-state index in [1.54, 1.807) is 0 Å². The highest BCUT2D eigenvalue weighted by Gasteiger charge is 2.25. The van der Waals surface area contributed by atoms with Crippen LogP contribution in [-0.4, -0.2) is 59.4 Å². The highest BCUT2D eigenvalue weighted by Crippen LogP contribution is 2.18. The van der Waals surface area contributed by atoms with Crippen LogP contribution in [0.25, 0.3) is 10.8 Å². The van der Waals surface area contributed by atoms with Gasteiger partial charge in [-0.2, -0.15) is 0 Å². The smallest absolute Gasteiger partial charge is 0.326 e. The number of aliphatic carboxylic acids is 1. The molecule has 0 aromatic heterocycles. The summed E-state index contributed by atoms with van der Waals surface area (Å²) in [7, 11) is 0. The van der Waals surface area contributed by atoms with Crippen LogP contribution in [0.15, 0.2) is 42.5 Å². The van der Waals surface area contributed by atoms with E-state index in [1.807, 2.05) is 42.5 Å². The zero-order valence-corrected chi connectivity index (χ0v) is 16.5. The molecule has 0 aliphatic heterocycles. The zero-order valence-electron chi connectivity index (χ0n) is 16.5. The summed E-state index contributed by atoms with van der Waals surface area (Å²) in [4.78, 5) is 48.2. The van der Waals surface area contributed by atoms with Crippen LogP contribution >= 0.6 is 0 Å². The quantitative estimate of drug-likeness (QED) is 0.580. The van der Waals surface area contributed by atoms with Crippen LogP contribution in [0.1, 0.15) is 19.4 Å². The molecule has 8 nitrogen and oxygen atoms in total. The highest BCUT2D eigenvalue weighted by molar-refractivity contribution is 5.92. The van der Waals surface area contributed by atoms with Gasteiger partial charge in [-0.05, 0) is 23.3 Å². The molecule has 2 rings (SSSR count). The fourth-order valence-electron chi connectivity index (χ4n) is 2.98. The van der Waals surface area contributed by atoms with Crippen molar-refractivity contribution >= 4 is 34.5 Å². The number of rotatable bonds is 9. The second kappa shape index (κ2) is 10.2. The lowest BCUT2D eigenvalue weighted by Gasteiger charge is -2.26. The molecule has 0 radical (unpaired) electrons. The fourth-order valence-corrected chi connectivity index (χ4v) is 2.98. The Morgan fingerprint density at radius 1 is 1.03 bits per heavy atom. The third-order valence-electron chi connectivity index (χ3n) is 4.54. The molecule has 2 aromatic rings. The molecule has 0 aliphatic carbocycles. The van der Waals surface area contributed by atoms with Gasteiger partial charge in [-0.3, -0.25) is 14.4 Å². The first kappa shape index (κ1) is 21.9. The molecule has 2 aromatic carbocycles. The van der Waals surface area contributed by atoms with Gasteiger partial charge in [0.2, 0.25) is 17.7 Å². The van der Waals surface area contributed by atoms with Crippen molar-refractivity contribution in [2.75, 3.05) is 19.6 Å². The number of hydrogen-bond acceptors (Lipinski definition) is 4. The molecule has 0 heterocycles. The molecule has 154 valence electrons. The second-order valence-corrected chi connectivity index (χ2v) is 6.68. The van der Waals surface area contributed by atoms with Gasteiger partial charge >= 0.3 is 5.97 Å². The van der Waals surface area contributed by atoms with Crippen molar-refractivity contribution in [1.29, 1.82) is 0 Å². The Balaban J connectivity index is 1.97. The van der Waals surface area contributed by atoms with Crippen molar-refractivity contribution in [3.63, 3.8) is 0 Å². The Bertz CT molecular complexity index is 907. The van der Waals surface area contributed by atoms with Gasteiger partial charge < -0.3 is 20.6 Å². The van der Waals surface area contributed by atoms with Crippen molar-refractivity contribution in [2.45, 2.75) is 26.3 Å². The summed E-state index contributed by atoms with van der Waals surface area (Å²) >= 11 is 0. The lowest BCUT2D eigenvalue weighted by Crippen LogP contribution is -2.50. The largest absolute Gasteiger partial charge is 0.480 e. The summed E-state index contributed by atoms with van der Waals surface area (Å²) in [6, 6.07) is 12.3. The summed E-state index contributed by atoms with van der Waals surface area (Å²) in [5.74, 6) is -2.30. The van der Waals surface area contributed by atoms with Crippen molar-refractivity contribution in [3.8, 4) is 0 Å². The predicted molar refractivity (Wildman–Crippen MR) is 108 cm³/mol. The first-order chi connectivity index (χ1) is 13.8. The minimum absolute atomic E-state index is 0.0328. The Hall–Kier alpha value is -3.42. The van der Waals surface area contributed by atoms with Crippen molar-refractivity contribution in [1.82, 2.24) is 15.5 Å². The zero-order chi connectivity index (χ0) is 21.4. The number of carbonyl (C=O) groups excluding carboxylic acids is 3. The molecule has 3 amide bonds. The number of nitrogens with zero attached hydrogens (tertiary/aromatic N) is 1. The molecule has 8 heteroatoms. The monoisotopic (exact) mass is 399 g/mol. The van der Waals surface area contributed by atoms with Crippen molar-refractivity contribution in [3.05, 3.63) is 48.0 Å². The predicted octanol–water partition coefficient (Wildman–Crippen LogP) is 0.936. The number of nitrogens with one attached hydrogen (secondary N) is 2. The van der Waals surface area contributed by atoms with E-state index in [1.165, 1.54) is 13.8 Å². The minimum atomic E-state index is -1.16. The van der Waals surface area contributed by atoms with E-state index in [0.29, 0.717) is 0 Å². The van der Waals surface area contributed by atoms with Gasteiger partial charge in [0.15, 0.2) is 0 Å². The Kier molecular flexibility index (Phi) is 7.70. The van der Waals surface area contributed by atoms with E-state index < -0.39 is 17.9 Å². The van der Waals surface area contributed by atoms with Gasteiger partial charge in [0.1, 0.15) is 6.04 Å².